The first-order chi connectivity index (χ1) is 17.5. The Kier molecular flexibility index (Phi) is 9.23. The van der Waals surface area contributed by atoms with E-state index in [0.29, 0.717) is 26.9 Å². The zero-order valence-electron chi connectivity index (χ0n) is 21.0. The van der Waals surface area contributed by atoms with E-state index >= 15 is 0 Å². The second-order valence-corrected chi connectivity index (χ2v) is 11.3. The normalized spacial score (nSPS) is 12.1. The van der Waals surface area contributed by atoms with E-state index < -0.39 is 34.4 Å². The highest BCUT2D eigenvalue weighted by molar-refractivity contribution is 7.92. The summed E-state index contributed by atoms with van der Waals surface area (Å²) in [5.41, 5.74) is 2.39. The second kappa shape index (κ2) is 12.0. The summed E-state index contributed by atoms with van der Waals surface area (Å²) in [6.07, 6.45) is 0. The summed E-state index contributed by atoms with van der Waals surface area (Å²) in [6, 6.07) is 17.3. The molecule has 1 N–H and O–H groups in total. The van der Waals surface area contributed by atoms with E-state index in [1.165, 1.54) is 24.1 Å². The lowest BCUT2D eigenvalue weighted by Gasteiger charge is -2.32. The van der Waals surface area contributed by atoms with E-state index in [4.69, 9.17) is 23.2 Å². The van der Waals surface area contributed by atoms with E-state index in [1.807, 2.05) is 6.92 Å². The molecule has 0 unspecified atom stereocenters. The van der Waals surface area contributed by atoms with Gasteiger partial charge in [-0.15, -0.1) is 0 Å². The Morgan fingerprint density at radius 2 is 1.51 bits per heavy atom. The number of amides is 2. The topological polar surface area (TPSA) is 86.8 Å². The van der Waals surface area contributed by atoms with Crippen molar-refractivity contribution in [2.24, 2.45) is 0 Å². The number of hydrogen-bond donors (Lipinski definition) is 1. The third-order valence-corrected chi connectivity index (χ3v) is 8.56. The zero-order chi connectivity index (χ0) is 27.3. The van der Waals surface area contributed by atoms with Gasteiger partial charge in [-0.05, 0) is 56.7 Å². The largest absolute Gasteiger partial charge is 0.357 e. The minimum atomic E-state index is -4.13. The Hall–Kier alpha value is -3.07. The Balaban J connectivity index is 2.08. The fraction of sp³-hybridized carbons (Fsp3) is 0.259. The summed E-state index contributed by atoms with van der Waals surface area (Å²) in [5.74, 6) is -1.01. The lowest BCUT2D eigenvalue weighted by Crippen LogP contribution is -2.50. The molecular formula is C27H29Cl2N3O4S. The Labute approximate surface area is 228 Å². The van der Waals surface area contributed by atoms with Crippen molar-refractivity contribution in [1.82, 2.24) is 10.2 Å². The lowest BCUT2D eigenvalue weighted by atomic mass is 10.1. The Morgan fingerprint density at radius 3 is 2.08 bits per heavy atom. The van der Waals surface area contributed by atoms with Gasteiger partial charge in [0.05, 0.1) is 10.6 Å². The molecule has 196 valence electrons. The predicted octanol–water partition coefficient (Wildman–Crippen LogP) is 4.97. The van der Waals surface area contributed by atoms with Gasteiger partial charge in [0.15, 0.2) is 0 Å². The molecule has 2 amide bonds. The van der Waals surface area contributed by atoms with Crippen LogP contribution in [-0.4, -0.2) is 44.8 Å². The van der Waals surface area contributed by atoms with Gasteiger partial charge in [0.25, 0.3) is 10.0 Å². The number of halogens is 2. The zero-order valence-corrected chi connectivity index (χ0v) is 23.4. The standard InChI is InChI=1S/C27H29Cl2N3O4S/c1-18-12-14-21(15-13-18)37(35,36)32(25-11-6-5-8-19(25)2)17-26(33)31(20(3)27(34)30-4)16-22-23(28)9-7-10-24(22)29/h5-15,20H,16-17H2,1-4H3,(H,30,34)/t20-/m1/s1. The molecule has 37 heavy (non-hydrogen) atoms. The van der Waals surface area contributed by atoms with Crippen molar-refractivity contribution in [1.29, 1.82) is 0 Å². The minimum absolute atomic E-state index is 0.0502. The molecule has 0 radical (unpaired) electrons. The fourth-order valence-corrected chi connectivity index (χ4v) is 5.83. The molecule has 0 aliphatic heterocycles. The van der Waals surface area contributed by atoms with Crippen LogP contribution in [0.15, 0.2) is 71.6 Å². The number of rotatable bonds is 9. The minimum Gasteiger partial charge on any atom is -0.357 e. The number of anilines is 1. The van der Waals surface area contributed by atoms with Crippen molar-refractivity contribution in [2.45, 2.75) is 38.3 Å². The molecule has 0 heterocycles. The van der Waals surface area contributed by atoms with Crippen LogP contribution in [0.4, 0.5) is 5.69 Å². The summed E-state index contributed by atoms with van der Waals surface area (Å²) in [6.45, 7) is 4.57. The molecule has 1 atom stereocenters. The maximum Gasteiger partial charge on any atom is 0.264 e. The van der Waals surface area contributed by atoms with Crippen LogP contribution >= 0.6 is 23.2 Å². The average molecular weight is 563 g/mol. The van der Waals surface area contributed by atoms with Gasteiger partial charge in [0.2, 0.25) is 11.8 Å². The van der Waals surface area contributed by atoms with Crippen LogP contribution in [0.1, 0.15) is 23.6 Å². The predicted molar refractivity (Wildman–Crippen MR) is 147 cm³/mol. The Bertz CT molecular complexity index is 1370. The van der Waals surface area contributed by atoms with Crippen molar-refractivity contribution in [3.8, 4) is 0 Å². The monoisotopic (exact) mass is 561 g/mol. The van der Waals surface area contributed by atoms with Crippen LogP contribution in [0, 0.1) is 13.8 Å². The highest BCUT2D eigenvalue weighted by Gasteiger charge is 2.33. The van der Waals surface area contributed by atoms with Gasteiger partial charge in [-0.1, -0.05) is 65.2 Å². The molecule has 3 aromatic carbocycles. The fourth-order valence-electron chi connectivity index (χ4n) is 3.84. The van der Waals surface area contributed by atoms with Crippen molar-refractivity contribution in [3.05, 3.63) is 93.5 Å². The van der Waals surface area contributed by atoms with Crippen molar-refractivity contribution in [2.75, 3.05) is 17.9 Å². The maximum atomic E-state index is 13.8. The molecule has 0 saturated heterocycles. The first-order valence-electron chi connectivity index (χ1n) is 11.6. The molecule has 7 nitrogen and oxygen atoms in total. The summed E-state index contributed by atoms with van der Waals surface area (Å²) >= 11 is 12.7. The highest BCUT2D eigenvalue weighted by Crippen LogP contribution is 2.29. The van der Waals surface area contributed by atoms with E-state index in [0.717, 1.165) is 9.87 Å². The van der Waals surface area contributed by atoms with E-state index in [9.17, 15) is 18.0 Å². The van der Waals surface area contributed by atoms with Gasteiger partial charge in [-0.2, -0.15) is 0 Å². The number of nitrogens with zero attached hydrogens (tertiary/aromatic N) is 2. The van der Waals surface area contributed by atoms with Crippen molar-refractivity contribution in [3.63, 3.8) is 0 Å². The van der Waals surface area contributed by atoms with Crippen LogP contribution < -0.4 is 9.62 Å². The average Bonchev–Trinajstić information content (AvgIpc) is 2.87. The van der Waals surface area contributed by atoms with Crippen LogP contribution in [0.3, 0.4) is 0 Å². The van der Waals surface area contributed by atoms with E-state index in [1.54, 1.807) is 68.4 Å². The third kappa shape index (κ3) is 6.44. The highest BCUT2D eigenvalue weighted by atomic mass is 35.5. The molecule has 3 aromatic rings. The number of hydrogen-bond acceptors (Lipinski definition) is 4. The van der Waals surface area contributed by atoms with Crippen LogP contribution in [0.5, 0.6) is 0 Å². The molecule has 0 aliphatic carbocycles. The molecule has 0 fully saturated rings. The number of aryl methyl sites for hydroxylation is 2. The molecule has 0 spiro atoms. The first kappa shape index (κ1) is 28.5. The number of carbonyl (C=O) groups is 2. The number of likely N-dealkylation sites (N-methyl/N-ethyl adjacent to an activating group) is 1. The lowest BCUT2D eigenvalue weighted by molar-refractivity contribution is -0.139. The summed E-state index contributed by atoms with van der Waals surface area (Å²) < 4.78 is 28.7. The molecule has 3 rings (SSSR count). The van der Waals surface area contributed by atoms with Gasteiger partial charge >= 0.3 is 0 Å². The number of sulfonamides is 1. The quantitative estimate of drug-likeness (QED) is 0.399. The van der Waals surface area contributed by atoms with Gasteiger partial charge in [0, 0.05) is 29.2 Å². The second-order valence-electron chi connectivity index (χ2n) is 8.62. The van der Waals surface area contributed by atoms with Gasteiger partial charge in [-0.3, -0.25) is 13.9 Å². The number of carbonyl (C=O) groups excluding carboxylic acids is 2. The Morgan fingerprint density at radius 1 is 0.919 bits per heavy atom. The van der Waals surface area contributed by atoms with Crippen LogP contribution in [0.25, 0.3) is 0 Å². The van der Waals surface area contributed by atoms with E-state index in [-0.39, 0.29) is 11.4 Å². The number of para-hydroxylation sites is 1. The molecule has 0 aliphatic rings. The van der Waals surface area contributed by atoms with Crippen molar-refractivity contribution < 1.29 is 18.0 Å². The summed E-state index contributed by atoms with van der Waals surface area (Å²) in [5, 5.41) is 3.20. The van der Waals surface area contributed by atoms with E-state index in [2.05, 4.69) is 5.32 Å². The first-order valence-corrected chi connectivity index (χ1v) is 13.8. The SMILES string of the molecule is CNC(=O)[C@@H](C)N(Cc1c(Cl)cccc1Cl)C(=O)CN(c1ccccc1C)S(=O)(=O)c1ccc(C)cc1. The molecule has 0 aromatic heterocycles. The molecule has 0 bridgehead atoms. The van der Waals surface area contributed by atoms with Crippen LogP contribution in [-0.2, 0) is 26.2 Å². The maximum absolute atomic E-state index is 13.8. The van der Waals surface area contributed by atoms with Gasteiger partial charge in [0.1, 0.15) is 12.6 Å². The van der Waals surface area contributed by atoms with Gasteiger partial charge in [-0.25, -0.2) is 8.42 Å². The number of benzene rings is 3. The third-order valence-electron chi connectivity index (χ3n) is 6.08. The molecule has 10 heteroatoms. The van der Waals surface area contributed by atoms with Crippen molar-refractivity contribution >= 4 is 50.7 Å². The summed E-state index contributed by atoms with van der Waals surface area (Å²) in [4.78, 5) is 27.7. The number of nitrogens with one attached hydrogen (secondary N) is 1. The van der Waals surface area contributed by atoms with Gasteiger partial charge < -0.3 is 10.2 Å². The molecular weight excluding hydrogens is 533 g/mol. The smallest absolute Gasteiger partial charge is 0.264 e. The molecule has 0 saturated carbocycles. The van der Waals surface area contributed by atoms with Crippen LogP contribution in [0.2, 0.25) is 10.0 Å². The summed E-state index contributed by atoms with van der Waals surface area (Å²) in [7, 11) is -2.67.